The lowest BCUT2D eigenvalue weighted by molar-refractivity contribution is -0.144. The Morgan fingerprint density at radius 1 is 1.44 bits per heavy atom. The Kier molecular flexibility index (Phi) is 4.68. The second-order valence-corrected chi connectivity index (χ2v) is 4.29. The van der Waals surface area contributed by atoms with E-state index in [9.17, 15) is 9.59 Å². The van der Waals surface area contributed by atoms with Gasteiger partial charge in [0.2, 0.25) is 0 Å². The van der Waals surface area contributed by atoms with Crippen LogP contribution in [-0.2, 0) is 9.59 Å². The van der Waals surface area contributed by atoms with Crippen LogP contribution in [0.15, 0.2) is 22.7 Å². The third kappa shape index (κ3) is 3.75. The standard InChI is InChI=1S/C11H9BrN2O4/c12-7-3-6(5-13)1-2-8(7)14-9(11(17)18)4-10(15)16/h1-3,9,14H,4H2,(H,15,16)(H,17,18). The third-order valence-electron chi connectivity index (χ3n) is 2.10. The van der Waals surface area contributed by atoms with E-state index in [0.29, 0.717) is 15.7 Å². The molecule has 3 N–H and O–H groups in total. The highest BCUT2D eigenvalue weighted by molar-refractivity contribution is 9.10. The Hall–Kier alpha value is -2.07. The predicted molar refractivity (Wildman–Crippen MR) is 66.2 cm³/mol. The Bertz CT molecular complexity index is 524. The summed E-state index contributed by atoms with van der Waals surface area (Å²) in [5, 5.41) is 28.8. The molecule has 0 aliphatic rings. The fraction of sp³-hybridized carbons (Fsp3) is 0.182. The number of carboxylic acid groups (broad SMARTS) is 2. The predicted octanol–water partition coefficient (Wildman–Crippen LogP) is 1.66. The minimum absolute atomic E-state index is 0.414. The minimum atomic E-state index is -1.26. The van der Waals surface area contributed by atoms with E-state index in [0.717, 1.165) is 0 Å². The van der Waals surface area contributed by atoms with Gasteiger partial charge in [-0.05, 0) is 34.1 Å². The molecule has 0 amide bonds. The number of nitriles is 1. The van der Waals surface area contributed by atoms with Gasteiger partial charge in [0.05, 0.1) is 18.1 Å². The molecule has 0 aliphatic heterocycles. The highest BCUT2D eigenvalue weighted by atomic mass is 79.9. The van der Waals surface area contributed by atoms with Crippen molar-refractivity contribution < 1.29 is 19.8 Å². The van der Waals surface area contributed by atoms with Crippen molar-refractivity contribution in [1.82, 2.24) is 0 Å². The molecule has 1 aromatic carbocycles. The molecule has 7 heteroatoms. The lowest BCUT2D eigenvalue weighted by atomic mass is 10.1. The topological polar surface area (TPSA) is 110 Å². The largest absolute Gasteiger partial charge is 0.481 e. The van der Waals surface area contributed by atoms with Crippen molar-refractivity contribution in [3.63, 3.8) is 0 Å². The lowest BCUT2D eigenvalue weighted by Gasteiger charge is -2.15. The van der Waals surface area contributed by atoms with Crippen molar-refractivity contribution in [2.75, 3.05) is 5.32 Å². The van der Waals surface area contributed by atoms with Crippen LogP contribution < -0.4 is 5.32 Å². The monoisotopic (exact) mass is 312 g/mol. The van der Waals surface area contributed by atoms with E-state index in [-0.39, 0.29) is 0 Å². The van der Waals surface area contributed by atoms with Crippen molar-refractivity contribution in [3.8, 4) is 6.07 Å². The van der Waals surface area contributed by atoms with Gasteiger partial charge in [0.25, 0.3) is 0 Å². The van der Waals surface area contributed by atoms with Crippen LogP contribution in [0.3, 0.4) is 0 Å². The number of carboxylic acids is 2. The summed E-state index contributed by atoms with van der Waals surface area (Å²) in [7, 11) is 0. The summed E-state index contributed by atoms with van der Waals surface area (Å²) in [6, 6.07) is 5.24. The molecule has 0 saturated heterocycles. The highest BCUT2D eigenvalue weighted by Gasteiger charge is 2.21. The molecule has 0 aromatic heterocycles. The first-order valence-electron chi connectivity index (χ1n) is 4.85. The van der Waals surface area contributed by atoms with Crippen LogP contribution in [-0.4, -0.2) is 28.2 Å². The van der Waals surface area contributed by atoms with E-state index in [1.807, 2.05) is 6.07 Å². The van der Waals surface area contributed by atoms with Crippen LogP contribution in [0.1, 0.15) is 12.0 Å². The Morgan fingerprint density at radius 3 is 2.56 bits per heavy atom. The molecule has 0 heterocycles. The summed E-state index contributed by atoms with van der Waals surface area (Å²) in [5.74, 6) is -2.46. The van der Waals surface area contributed by atoms with E-state index < -0.39 is 24.4 Å². The molecule has 18 heavy (non-hydrogen) atoms. The number of hydrogen-bond donors (Lipinski definition) is 3. The Balaban J connectivity index is 2.91. The van der Waals surface area contributed by atoms with Gasteiger partial charge in [0, 0.05) is 10.2 Å². The minimum Gasteiger partial charge on any atom is -0.481 e. The summed E-state index contributed by atoms with van der Waals surface area (Å²) in [6.45, 7) is 0. The molecule has 0 spiro atoms. The number of nitrogens with zero attached hydrogens (tertiary/aromatic N) is 1. The first kappa shape index (κ1) is 14.0. The number of hydrogen-bond acceptors (Lipinski definition) is 4. The van der Waals surface area contributed by atoms with E-state index in [2.05, 4.69) is 21.2 Å². The first-order valence-corrected chi connectivity index (χ1v) is 5.64. The number of anilines is 1. The quantitative estimate of drug-likeness (QED) is 0.762. The molecule has 0 radical (unpaired) electrons. The number of rotatable bonds is 5. The lowest BCUT2D eigenvalue weighted by Crippen LogP contribution is -2.31. The maximum Gasteiger partial charge on any atom is 0.326 e. The normalized spacial score (nSPS) is 11.3. The van der Waals surface area contributed by atoms with Crippen LogP contribution >= 0.6 is 15.9 Å². The molecule has 1 unspecified atom stereocenters. The fourth-order valence-electron chi connectivity index (χ4n) is 1.26. The molecule has 6 nitrogen and oxygen atoms in total. The van der Waals surface area contributed by atoms with Crippen molar-refractivity contribution >= 4 is 33.6 Å². The van der Waals surface area contributed by atoms with Gasteiger partial charge in [-0.25, -0.2) is 4.79 Å². The second-order valence-electron chi connectivity index (χ2n) is 3.44. The van der Waals surface area contributed by atoms with Gasteiger partial charge in [-0.2, -0.15) is 5.26 Å². The molecular weight excluding hydrogens is 304 g/mol. The summed E-state index contributed by atoms with van der Waals surface area (Å²) < 4.78 is 0.498. The molecule has 1 rings (SSSR count). The van der Waals surface area contributed by atoms with Crippen LogP contribution in [0.5, 0.6) is 0 Å². The molecule has 0 fully saturated rings. The molecule has 0 aliphatic carbocycles. The number of halogens is 1. The molecule has 1 atom stereocenters. The van der Waals surface area contributed by atoms with Crippen molar-refractivity contribution in [3.05, 3.63) is 28.2 Å². The maximum atomic E-state index is 10.9. The van der Waals surface area contributed by atoms with Crippen LogP contribution in [0.25, 0.3) is 0 Å². The second kappa shape index (κ2) is 6.02. The Morgan fingerprint density at radius 2 is 2.11 bits per heavy atom. The molecule has 0 saturated carbocycles. The van der Waals surface area contributed by atoms with Crippen molar-refractivity contribution in [1.29, 1.82) is 5.26 Å². The van der Waals surface area contributed by atoms with E-state index in [4.69, 9.17) is 15.5 Å². The van der Waals surface area contributed by atoms with Crippen LogP contribution in [0.4, 0.5) is 5.69 Å². The van der Waals surface area contributed by atoms with Gasteiger partial charge in [-0.15, -0.1) is 0 Å². The van der Waals surface area contributed by atoms with Crippen molar-refractivity contribution in [2.45, 2.75) is 12.5 Å². The highest BCUT2D eigenvalue weighted by Crippen LogP contribution is 2.24. The van der Waals surface area contributed by atoms with E-state index in [1.165, 1.54) is 18.2 Å². The number of nitrogens with one attached hydrogen (secondary N) is 1. The summed E-state index contributed by atoms with van der Waals surface area (Å²) in [5.41, 5.74) is 0.834. The Labute approximate surface area is 111 Å². The zero-order chi connectivity index (χ0) is 13.7. The maximum absolute atomic E-state index is 10.9. The van der Waals surface area contributed by atoms with E-state index >= 15 is 0 Å². The zero-order valence-electron chi connectivity index (χ0n) is 9.05. The number of benzene rings is 1. The smallest absolute Gasteiger partial charge is 0.326 e. The zero-order valence-corrected chi connectivity index (χ0v) is 10.6. The van der Waals surface area contributed by atoms with Crippen molar-refractivity contribution in [2.24, 2.45) is 0 Å². The summed E-state index contributed by atoms with van der Waals surface area (Å²) in [6.07, 6.45) is -0.540. The van der Waals surface area contributed by atoms with Gasteiger partial charge in [0.15, 0.2) is 0 Å². The SMILES string of the molecule is N#Cc1ccc(NC(CC(=O)O)C(=O)O)c(Br)c1. The van der Waals surface area contributed by atoms with Gasteiger partial charge in [0.1, 0.15) is 6.04 Å². The van der Waals surface area contributed by atoms with Crippen LogP contribution in [0.2, 0.25) is 0 Å². The van der Waals surface area contributed by atoms with Gasteiger partial charge >= 0.3 is 11.9 Å². The molecule has 94 valence electrons. The van der Waals surface area contributed by atoms with Gasteiger partial charge in [-0.1, -0.05) is 0 Å². The first-order chi connectivity index (χ1) is 8.43. The molecule has 0 bridgehead atoms. The number of carbonyl (C=O) groups is 2. The summed E-state index contributed by atoms with van der Waals surface area (Å²) in [4.78, 5) is 21.4. The van der Waals surface area contributed by atoms with E-state index in [1.54, 1.807) is 0 Å². The summed E-state index contributed by atoms with van der Waals surface area (Å²) >= 11 is 3.18. The molecular formula is C11H9BrN2O4. The number of aliphatic carboxylic acids is 2. The molecule has 1 aromatic rings. The average Bonchev–Trinajstić information content (AvgIpc) is 2.29. The van der Waals surface area contributed by atoms with Gasteiger partial charge in [-0.3, -0.25) is 4.79 Å². The third-order valence-corrected chi connectivity index (χ3v) is 2.76. The van der Waals surface area contributed by atoms with Gasteiger partial charge < -0.3 is 15.5 Å². The average molecular weight is 313 g/mol. The van der Waals surface area contributed by atoms with Crippen LogP contribution in [0, 0.1) is 11.3 Å². The fourth-order valence-corrected chi connectivity index (χ4v) is 1.76.